The minimum absolute atomic E-state index is 0.103. The maximum atomic E-state index is 14.3. The second-order valence-electron chi connectivity index (χ2n) is 10.3. The average molecular weight is 574 g/mol. The molecule has 1 fully saturated rings. The van der Waals surface area contributed by atoms with Crippen molar-refractivity contribution < 1.29 is 27.8 Å². The highest BCUT2D eigenvalue weighted by Crippen LogP contribution is 2.39. The van der Waals surface area contributed by atoms with Crippen molar-refractivity contribution >= 4 is 16.9 Å². The highest BCUT2D eigenvalue weighted by Gasteiger charge is 2.30. The number of oxazole rings is 1. The van der Waals surface area contributed by atoms with Gasteiger partial charge in [-0.15, -0.1) is 0 Å². The Morgan fingerprint density at radius 2 is 2.02 bits per heavy atom. The van der Waals surface area contributed by atoms with E-state index < -0.39 is 17.5 Å². The number of nitrogens with zero attached hydrogens (tertiary/aromatic N) is 4. The first-order valence-corrected chi connectivity index (χ1v) is 13.8. The van der Waals surface area contributed by atoms with Crippen LogP contribution in [0.4, 0.5) is 8.78 Å². The zero-order valence-corrected chi connectivity index (χ0v) is 22.9. The molecule has 11 heteroatoms. The molecule has 0 aliphatic heterocycles. The van der Waals surface area contributed by atoms with Crippen LogP contribution < -0.4 is 10.1 Å². The Morgan fingerprint density at radius 3 is 2.83 bits per heavy atom. The van der Waals surface area contributed by atoms with E-state index in [-0.39, 0.29) is 30.9 Å². The number of nitrogens with one attached hydrogen (secondary N) is 1. The van der Waals surface area contributed by atoms with E-state index in [1.807, 2.05) is 37.3 Å². The molecule has 0 radical (unpaired) electrons. The monoisotopic (exact) mass is 573 g/mol. The van der Waals surface area contributed by atoms with E-state index in [1.165, 1.54) is 0 Å². The molecule has 9 nitrogen and oxygen atoms in total. The number of carbonyl (C=O) groups is 1. The Kier molecular flexibility index (Phi) is 7.66. The lowest BCUT2D eigenvalue weighted by Crippen LogP contribution is -2.39. The molecule has 2 N–H and O–H groups in total. The minimum Gasteiger partial charge on any atom is -0.490 e. The Hall–Kier alpha value is -4.64. The van der Waals surface area contributed by atoms with Crippen LogP contribution in [0, 0.1) is 18.6 Å². The Balaban J connectivity index is 1.40. The normalized spacial score (nSPS) is 17.0. The van der Waals surface area contributed by atoms with Gasteiger partial charge in [-0.25, -0.2) is 23.7 Å². The summed E-state index contributed by atoms with van der Waals surface area (Å²) in [6.45, 7) is 1.83. The molecule has 6 rings (SSSR count). The fraction of sp³-hybridized carbons (Fsp3) is 0.290. The lowest BCUT2D eigenvalue weighted by Gasteiger charge is -2.32. The van der Waals surface area contributed by atoms with Gasteiger partial charge >= 0.3 is 0 Å². The molecule has 2 atom stereocenters. The number of aromatic nitrogens is 4. The molecule has 3 aromatic heterocycles. The summed E-state index contributed by atoms with van der Waals surface area (Å²) in [5.41, 5.74) is 3.16. The summed E-state index contributed by atoms with van der Waals surface area (Å²) in [6, 6.07) is 11.8. The topological polar surface area (TPSA) is 115 Å². The maximum absolute atomic E-state index is 14.3. The molecule has 0 bridgehead atoms. The number of imidazole rings is 1. The van der Waals surface area contributed by atoms with Gasteiger partial charge in [-0.05, 0) is 69.0 Å². The van der Waals surface area contributed by atoms with E-state index in [4.69, 9.17) is 14.1 Å². The third-order valence-electron chi connectivity index (χ3n) is 7.41. The van der Waals surface area contributed by atoms with Crippen LogP contribution >= 0.6 is 0 Å². The summed E-state index contributed by atoms with van der Waals surface area (Å²) >= 11 is 0. The Morgan fingerprint density at radius 1 is 1.17 bits per heavy atom. The predicted molar refractivity (Wildman–Crippen MR) is 151 cm³/mol. The van der Waals surface area contributed by atoms with Crippen LogP contribution in [0.1, 0.15) is 47.8 Å². The number of hydrogen-bond donors (Lipinski definition) is 2. The number of carbonyl (C=O) groups excluding carboxylic acids is 1. The zero-order valence-electron chi connectivity index (χ0n) is 22.9. The van der Waals surface area contributed by atoms with Crippen LogP contribution in [-0.4, -0.2) is 49.8 Å². The number of ether oxygens (including phenoxy) is 1. The van der Waals surface area contributed by atoms with E-state index in [2.05, 4.69) is 19.9 Å². The van der Waals surface area contributed by atoms with Gasteiger partial charge in [0.1, 0.15) is 47.3 Å². The Labute approximate surface area is 240 Å². The molecular weight excluding hydrogens is 544 g/mol. The summed E-state index contributed by atoms with van der Waals surface area (Å²) in [4.78, 5) is 26.8. The average Bonchev–Trinajstić information content (AvgIpc) is 3.60. The van der Waals surface area contributed by atoms with Gasteiger partial charge in [0.2, 0.25) is 5.89 Å². The van der Waals surface area contributed by atoms with Crippen molar-refractivity contribution in [3.05, 3.63) is 83.9 Å². The molecule has 42 heavy (non-hydrogen) atoms. The standard InChI is InChI=1S/C31H29F2N5O4/c1-18-17-42-31(35-18)25-15-27-26(16-34-25)37-29(22-7-2-3-8-28(22)41-12-11-39)38(27)21-6-4-5-20(14-21)36-30(40)23-13-19(32)9-10-24(23)33/h2-3,7-10,13,15-17,20-21,39H,4-6,11-12,14H2,1H3,(H,36,40)/t20?,21-/m1/s1. The van der Waals surface area contributed by atoms with Crippen molar-refractivity contribution in [1.29, 1.82) is 0 Å². The molecule has 1 saturated carbocycles. The van der Waals surface area contributed by atoms with Crippen molar-refractivity contribution in [2.45, 2.75) is 44.7 Å². The Bertz CT molecular complexity index is 1750. The number of aliphatic hydroxyl groups is 1. The SMILES string of the molecule is Cc1coc(-c2cc3c(cn2)nc(-c2ccccc2OCCO)n3[C@@H]2CCCC(NC(=O)c3cc(F)ccc3F)C2)n1. The van der Waals surface area contributed by atoms with Crippen molar-refractivity contribution in [2.75, 3.05) is 13.2 Å². The minimum atomic E-state index is -0.773. The third-order valence-corrected chi connectivity index (χ3v) is 7.41. The van der Waals surface area contributed by atoms with Crippen LogP contribution in [0.3, 0.4) is 0 Å². The maximum Gasteiger partial charge on any atom is 0.254 e. The van der Waals surface area contributed by atoms with Crippen molar-refractivity contribution in [3.63, 3.8) is 0 Å². The second kappa shape index (κ2) is 11.7. The highest BCUT2D eigenvalue weighted by molar-refractivity contribution is 5.94. The molecule has 0 spiro atoms. The number of benzene rings is 2. The molecule has 5 aromatic rings. The van der Waals surface area contributed by atoms with Gasteiger partial charge < -0.3 is 24.1 Å². The van der Waals surface area contributed by atoms with E-state index in [0.717, 1.165) is 47.8 Å². The van der Waals surface area contributed by atoms with E-state index in [9.17, 15) is 18.7 Å². The first kappa shape index (κ1) is 27.5. The zero-order chi connectivity index (χ0) is 29.2. The molecule has 0 saturated heterocycles. The molecule has 216 valence electrons. The lowest BCUT2D eigenvalue weighted by molar-refractivity contribution is 0.0916. The van der Waals surface area contributed by atoms with Gasteiger partial charge in [-0.1, -0.05) is 12.1 Å². The van der Waals surface area contributed by atoms with E-state index in [0.29, 0.717) is 41.5 Å². The number of fused-ring (bicyclic) bond motifs is 1. The number of rotatable bonds is 8. The highest BCUT2D eigenvalue weighted by atomic mass is 19.1. The number of pyridine rings is 1. The summed E-state index contributed by atoms with van der Waals surface area (Å²) in [6.07, 6.45) is 6.06. The van der Waals surface area contributed by atoms with Gasteiger partial charge in [-0.3, -0.25) is 4.79 Å². The predicted octanol–water partition coefficient (Wildman–Crippen LogP) is 5.62. The summed E-state index contributed by atoms with van der Waals surface area (Å²) in [5.74, 6) is -0.491. The quantitative estimate of drug-likeness (QED) is 0.247. The van der Waals surface area contributed by atoms with Crippen molar-refractivity contribution in [3.8, 4) is 28.7 Å². The van der Waals surface area contributed by atoms with Gasteiger partial charge in [0.05, 0.1) is 35.1 Å². The van der Waals surface area contributed by atoms with Crippen molar-refractivity contribution in [1.82, 2.24) is 24.8 Å². The molecule has 1 aliphatic rings. The molecule has 1 unspecified atom stereocenters. The molecule has 2 aromatic carbocycles. The number of para-hydroxylation sites is 1. The van der Waals surface area contributed by atoms with Gasteiger partial charge in [0.15, 0.2) is 0 Å². The fourth-order valence-electron chi connectivity index (χ4n) is 5.54. The van der Waals surface area contributed by atoms with Crippen molar-refractivity contribution in [2.24, 2.45) is 0 Å². The van der Waals surface area contributed by atoms with E-state index in [1.54, 1.807) is 12.5 Å². The van der Waals surface area contributed by atoms with Crippen LogP contribution in [0.25, 0.3) is 34.0 Å². The van der Waals surface area contributed by atoms with Crippen LogP contribution in [-0.2, 0) is 0 Å². The fourth-order valence-corrected chi connectivity index (χ4v) is 5.54. The molecular formula is C31H29F2N5O4. The first-order valence-electron chi connectivity index (χ1n) is 13.8. The van der Waals surface area contributed by atoms with Crippen LogP contribution in [0.2, 0.25) is 0 Å². The number of aryl methyl sites for hydroxylation is 1. The van der Waals surface area contributed by atoms with E-state index >= 15 is 0 Å². The van der Waals surface area contributed by atoms with Crippen LogP contribution in [0.5, 0.6) is 5.75 Å². The summed E-state index contributed by atoms with van der Waals surface area (Å²) in [7, 11) is 0. The largest absolute Gasteiger partial charge is 0.490 e. The summed E-state index contributed by atoms with van der Waals surface area (Å²) < 4.78 is 41.6. The van der Waals surface area contributed by atoms with Crippen LogP contribution in [0.15, 0.2) is 65.4 Å². The van der Waals surface area contributed by atoms with Gasteiger partial charge in [0, 0.05) is 12.1 Å². The summed E-state index contributed by atoms with van der Waals surface area (Å²) in [5, 5.41) is 12.3. The number of hydrogen-bond acceptors (Lipinski definition) is 7. The number of aliphatic hydroxyl groups excluding tert-OH is 1. The smallest absolute Gasteiger partial charge is 0.254 e. The molecule has 3 heterocycles. The van der Waals surface area contributed by atoms with Gasteiger partial charge in [-0.2, -0.15) is 0 Å². The first-order chi connectivity index (χ1) is 20.4. The lowest BCUT2D eigenvalue weighted by atomic mass is 9.90. The molecule has 1 aliphatic carbocycles. The number of halogens is 2. The van der Waals surface area contributed by atoms with Gasteiger partial charge in [0.25, 0.3) is 5.91 Å². The number of amides is 1. The second-order valence-corrected chi connectivity index (χ2v) is 10.3. The third kappa shape index (κ3) is 5.47. The molecule has 1 amide bonds.